The topological polar surface area (TPSA) is 95.9 Å². The van der Waals surface area contributed by atoms with Crippen molar-refractivity contribution in [2.45, 2.75) is 12.4 Å². The normalized spacial score (nSPS) is 13.4. The van der Waals surface area contributed by atoms with Crippen LogP contribution >= 0.6 is 0 Å². The minimum atomic E-state index is -4.37. The molecule has 14 heavy (non-hydrogen) atoms. The molecule has 0 aliphatic heterocycles. The minimum absolute atomic E-state index is 0. The number of rotatable bonds is 7. The van der Waals surface area contributed by atoms with Crippen LogP contribution in [0.25, 0.3) is 0 Å². The zero-order valence-corrected chi connectivity index (χ0v) is 11.1. The Hall–Kier alpha value is 0.790. The molecule has 1 N–H and O–H groups in total. The van der Waals surface area contributed by atoms with Crippen molar-refractivity contribution >= 4 is 10.1 Å². The van der Waals surface area contributed by atoms with E-state index in [1.807, 2.05) is 0 Å². The molecule has 1 atom stereocenters. The Labute approximate surface area is 106 Å². The Morgan fingerprint density at radius 1 is 1.36 bits per heavy atom. The Morgan fingerprint density at radius 3 is 2.36 bits per heavy atom. The van der Waals surface area contributed by atoms with E-state index in [0.717, 1.165) is 6.92 Å². The van der Waals surface area contributed by atoms with Gasteiger partial charge in [-0.05, 0) is 6.92 Å². The predicted molar refractivity (Wildman–Crippen MR) is 43.0 cm³/mol. The number of aliphatic hydroxyl groups is 1. The third-order valence-corrected chi connectivity index (χ3v) is 2.17. The predicted octanol–water partition coefficient (Wildman–Crippen LogP) is -4.09. The van der Waals surface area contributed by atoms with E-state index in [2.05, 4.69) is 4.74 Å². The van der Waals surface area contributed by atoms with E-state index in [1.165, 1.54) is 0 Å². The summed E-state index contributed by atoms with van der Waals surface area (Å²) < 4.78 is 40.3. The van der Waals surface area contributed by atoms with Crippen molar-refractivity contribution < 1.29 is 57.1 Å². The number of aliphatic hydroxyl groups excluding tert-OH is 1. The molecule has 0 heterocycles. The molecule has 0 amide bonds. The van der Waals surface area contributed by atoms with Gasteiger partial charge in [-0.2, -0.15) is 0 Å². The maximum absolute atomic E-state index is 10.3. The fourth-order valence-corrected chi connectivity index (χ4v) is 0.786. The molecule has 0 aliphatic carbocycles. The summed E-state index contributed by atoms with van der Waals surface area (Å²) in [7, 11) is -4.37. The van der Waals surface area contributed by atoms with Crippen LogP contribution in [-0.4, -0.2) is 49.9 Å². The van der Waals surface area contributed by atoms with E-state index < -0.39 is 15.6 Å². The SMILES string of the molecule is CC(OCCOCCO)S(=O)(=O)[O-].[Na+]. The van der Waals surface area contributed by atoms with Gasteiger partial charge in [-0.1, -0.05) is 0 Å². The van der Waals surface area contributed by atoms with E-state index in [0.29, 0.717) is 0 Å². The van der Waals surface area contributed by atoms with E-state index in [9.17, 15) is 13.0 Å². The number of hydrogen-bond acceptors (Lipinski definition) is 6. The molecule has 0 fully saturated rings. The van der Waals surface area contributed by atoms with Crippen LogP contribution in [0, 0.1) is 0 Å². The van der Waals surface area contributed by atoms with Gasteiger partial charge >= 0.3 is 29.6 Å². The molecule has 0 saturated carbocycles. The molecule has 0 rings (SSSR count). The summed E-state index contributed by atoms with van der Waals surface area (Å²) in [6, 6.07) is 0. The third kappa shape index (κ3) is 9.35. The molecule has 8 heteroatoms. The zero-order chi connectivity index (χ0) is 10.3. The second kappa shape index (κ2) is 9.05. The summed E-state index contributed by atoms with van der Waals surface area (Å²) in [5.74, 6) is 0. The zero-order valence-electron chi connectivity index (χ0n) is 8.30. The largest absolute Gasteiger partial charge is 1.00 e. The molecule has 1 unspecified atom stereocenters. The summed E-state index contributed by atoms with van der Waals surface area (Å²) >= 11 is 0. The van der Waals surface area contributed by atoms with Crippen LogP contribution in [0.1, 0.15) is 6.92 Å². The first-order valence-electron chi connectivity index (χ1n) is 3.73. The van der Waals surface area contributed by atoms with Crippen molar-refractivity contribution in [1.29, 1.82) is 0 Å². The van der Waals surface area contributed by atoms with Gasteiger partial charge in [0.2, 0.25) is 0 Å². The molecular formula is C6H13NaO6S. The van der Waals surface area contributed by atoms with Crippen LogP contribution in [-0.2, 0) is 19.6 Å². The second-order valence-electron chi connectivity index (χ2n) is 2.27. The van der Waals surface area contributed by atoms with E-state index in [1.54, 1.807) is 0 Å². The van der Waals surface area contributed by atoms with Crippen LogP contribution in [0.2, 0.25) is 0 Å². The third-order valence-electron chi connectivity index (χ3n) is 1.22. The van der Waals surface area contributed by atoms with Crippen molar-refractivity contribution in [2.24, 2.45) is 0 Å². The summed E-state index contributed by atoms with van der Waals surface area (Å²) in [5, 5.41) is 8.29. The molecule has 0 aliphatic rings. The van der Waals surface area contributed by atoms with Gasteiger partial charge in [0.1, 0.15) is 15.6 Å². The minimum Gasteiger partial charge on any atom is -0.746 e. The van der Waals surface area contributed by atoms with Crippen LogP contribution in [0.15, 0.2) is 0 Å². The molecule has 6 nitrogen and oxygen atoms in total. The van der Waals surface area contributed by atoms with Gasteiger partial charge in [-0.3, -0.25) is 0 Å². The molecule has 0 aromatic heterocycles. The Bertz CT molecular complexity index is 216. The number of ether oxygens (including phenoxy) is 2. The van der Waals surface area contributed by atoms with Crippen LogP contribution in [0.5, 0.6) is 0 Å². The van der Waals surface area contributed by atoms with Crippen LogP contribution in [0.4, 0.5) is 0 Å². The standard InChI is InChI=1S/C6H14O6S.Na/c1-6(13(8,9)10)12-5-4-11-3-2-7;/h6-7H,2-5H2,1H3,(H,8,9,10);/q;+1/p-1. The summed E-state index contributed by atoms with van der Waals surface area (Å²) in [6.45, 7) is 1.40. The monoisotopic (exact) mass is 236 g/mol. The van der Waals surface area contributed by atoms with Gasteiger partial charge < -0.3 is 19.1 Å². The molecule has 0 aromatic carbocycles. The smallest absolute Gasteiger partial charge is 0.746 e. The molecule has 80 valence electrons. The van der Waals surface area contributed by atoms with Gasteiger partial charge in [0.15, 0.2) is 0 Å². The van der Waals surface area contributed by atoms with Gasteiger partial charge in [-0.25, -0.2) is 8.42 Å². The molecular weight excluding hydrogens is 223 g/mol. The van der Waals surface area contributed by atoms with E-state index in [-0.39, 0.29) is 56.0 Å². The van der Waals surface area contributed by atoms with Crippen molar-refractivity contribution in [2.75, 3.05) is 26.4 Å². The first-order valence-corrected chi connectivity index (χ1v) is 5.20. The average molecular weight is 236 g/mol. The first kappa shape index (κ1) is 17.2. The van der Waals surface area contributed by atoms with Crippen LogP contribution < -0.4 is 29.6 Å². The quantitative estimate of drug-likeness (QED) is 0.274. The van der Waals surface area contributed by atoms with E-state index in [4.69, 9.17) is 9.84 Å². The van der Waals surface area contributed by atoms with Gasteiger partial charge in [0, 0.05) is 0 Å². The number of hydrogen-bond donors (Lipinski definition) is 1. The Kier molecular flexibility index (Phi) is 11.1. The molecule has 0 aromatic rings. The fourth-order valence-electron chi connectivity index (χ4n) is 0.523. The summed E-state index contributed by atoms with van der Waals surface area (Å²) in [6.07, 6.45) is 0. The van der Waals surface area contributed by atoms with Crippen LogP contribution in [0.3, 0.4) is 0 Å². The second-order valence-corrected chi connectivity index (χ2v) is 3.92. The summed E-state index contributed by atoms with van der Waals surface area (Å²) in [4.78, 5) is 0. The van der Waals surface area contributed by atoms with Crippen molar-refractivity contribution in [3.05, 3.63) is 0 Å². The molecule has 0 saturated heterocycles. The molecule has 0 bridgehead atoms. The maximum atomic E-state index is 10.3. The van der Waals surface area contributed by atoms with Crippen molar-refractivity contribution in [3.63, 3.8) is 0 Å². The maximum Gasteiger partial charge on any atom is 1.00 e. The molecule has 0 spiro atoms. The molecule has 0 radical (unpaired) electrons. The first-order chi connectivity index (χ1) is 5.98. The van der Waals surface area contributed by atoms with Crippen molar-refractivity contribution in [1.82, 2.24) is 0 Å². The van der Waals surface area contributed by atoms with Gasteiger partial charge in [0.05, 0.1) is 26.4 Å². The fraction of sp³-hybridized carbons (Fsp3) is 1.00. The average Bonchev–Trinajstić information content (AvgIpc) is 2.02. The van der Waals surface area contributed by atoms with E-state index >= 15 is 0 Å². The summed E-state index contributed by atoms with van der Waals surface area (Å²) in [5.41, 5.74) is -1.36. The van der Waals surface area contributed by atoms with Gasteiger partial charge in [0.25, 0.3) is 0 Å². The Balaban J connectivity index is 0. The Morgan fingerprint density at radius 2 is 1.93 bits per heavy atom. The van der Waals surface area contributed by atoms with Crippen molar-refractivity contribution in [3.8, 4) is 0 Å². The van der Waals surface area contributed by atoms with Gasteiger partial charge in [-0.15, -0.1) is 0 Å².